The van der Waals surface area contributed by atoms with Crippen LogP contribution in [0.4, 0.5) is 0 Å². The van der Waals surface area contributed by atoms with E-state index in [2.05, 4.69) is 0 Å². The fourth-order valence-electron chi connectivity index (χ4n) is 5.08. The molecule has 1 aliphatic rings. The Morgan fingerprint density at radius 1 is 0.851 bits per heavy atom. The van der Waals surface area contributed by atoms with E-state index in [1.165, 1.54) is 18.2 Å². The van der Waals surface area contributed by atoms with Crippen molar-refractivity contribution in [2.24, 2.45) is 5.41 Å². The number of ether oxygens (including phenoxy) is 2. The molecule has 7 nitrogen and oxygen atoms in total. The van der Waals surface area contributed by atoms with Crippen LogP contribution in [0.5, 0.6) is 17.2 Å². The quantitative estimate of drug-likeness (QED) is 0.104. The molecule has 7 heteroatoms. The summed E-state index contributed by atoms with van der Waals surface area (Å²) < 4.78 is 10.9. The van der Waals surface area contributed by atoms with Gasteiger partial charge in [-0.2, -0.15) is 0 Å². The average molecular weight is 637 g/mol. The van der Waals surface area contributed by atoms with Crippen LogP contribution in [0.2, 0.25) is 0 Å². The number of Topliss-reactive ketones (excluding diaryl/α,β-unsaturated/α-hetero) is 1. The first-order valence-electron chi connectivity index (χ1n) is 15.6. The summed E-state index contributed by atoms with van der Waals surface area (Å²) in [4.78, 5) is 38.2. The van der Waals surface area contributed by atoms with Crippen molar-refractivity contribution in [3.8, 4) is 17.2 Å². The maximum atomic E-state index is 13.2. The van der Waals surface area contributed by atoms with Gasteiger partial charge in [-0.1, -0.05) is 97.9 Å². The van der Waals surface area contributed by atoms with Crippen molar-refractivity contribution in [3.05, 3.63) is 124 Å². The minimum atomic E-state index is -0.915. The zero-order valence-corrected chi connectivity index (χ0v) is 27.9. The van der Waals surface area contributed by atoms with Crippen molar-refractivity contribution in [3.63, 3.8) is 0 Å². The molecule has 0 aromatic heterocycles. The Labute approximate surface area is 277 Å². The van der Waals surface area contributed by atoms with Crippen molar-refractivity contribution >= 4 is 29.9 Å². The highest BCUT2D eigenvalue weighted by atomic mass is 16.6. The smallest absolute Gasteiger partial charge is 0.311 e. The van der Waals surface area contributed by atoms with Crippen LogP contribution in [0.25, 0.3) is 12.2 Å². The third-order valence-corrected chi connectivity index (χ3v) is 7.59. The summed E-state index contributed by atoms with van der Waals surface area (Å²) in [5, 5.41) is 19.2. The largest absolute Gasteiger partial charge is 0.508 e. The van der Waals surface area contributed by atoms with Crippen molar-refractivity contribution < 1.29 is 34.1 Å². The first-order valence-corrected chi connectivity index (χ1v) is 15.6. The predicted octanol–water partition coefficient (Wildman–Crippen LogP) is 8.76. The molecule has 0 fully saturated rings. The van der Waals surface area contributed by atoms with E-state index in [4.69, 9.17) is 9.47 Å². The van der Waals surface area contributed by atoms with Crippen molar-refractivity contribution in [2.75, 3.05) is 0 Å². The summed E-state index contributed by atoms with van der Waals surface area (Å²) in [7, 11) is 0. The van der Waals surface area contributed by atoms with E-state index in [0.29, 0.717) is 23.3 Å². The van der Waals surface area contributed by atoms with Gasteiger partial charge in [0.05, 0.1) is 12.8 Å². The van der Waals surface area contributed by atoms with Gasteiger partial charge in [0.1, 0.15) is 17.2 Å². The van der Waals surface area contributed by atoms with Crippen molar-refractivity contribution in [1.29, 1.82) is 0 Å². The first-order chi connectivity index (χ1) is 22.3. The van der Waals surface area contributed by atoms with Crippen LogP contribution in [0.1, 0.15) is 71.9 Å². The third kappa shape index (κ3) is 11.6. The molecule has 0 bridgehead atoms. The molecule has 0 saturated heterocycles. The summed E-state index contributed by atoms with van der Waals surface area (Å²) >= 11 is 0. The molecule has 1 unspecified atom stereocenters. The van der Waals surface area contributed by atoms with Crippen LogP contribution in [0, 0.1) is 5.41 Å². The Bertz CT molecular complexity index is 1650. The number of carbonyl (C=O) groups is 3. The molecule has 2 aromatic carbocycles. The number of rotatable bonds is 12. The minimum Gasteiger partial charge on any atom is -0.508 e. The number of hydrogen-bond donors (Lipinski definition) is 2. The number of carbonyl (C=O) groups excluding carboxylic acids is 3. The summed E-state index contributed by atoms with van der Waals surface area (Å²) in [5.74, 6) is -1.23. The molecule has 0 spiro atoms. The lowest BCUT2D eigenvalue weighted by molar-refractivity contribution is -0.157. The molecule has 0 aliphatic heterocycles. The van der Waals surface area contributed by atoms with Crippen molar-refractivity contribution in [1.82, 2.24) is 0 Å². The van der Waals surface area contributed by atoms with E-state index >= 15 is 0 Å². The standard InChI is InChI=1S/C40H44O7/c1-7-8-10-27(2)11-9-12-28(3)13-20-35-29(4)39(45)36(26-40(35,5)6)47-38(44)22-21-37(43)46-34-18-16-30(17-19-34)14-15-31-23-32(41)25-33(42)24-31/h7-20,23-25,36,41-42H,21-22,26H2,1-6H3. The lowest BCUT2D eigenvalue weighted by Gasteiger charge is -2.36. The van der Waals surface area contributed by atoms with E-state index in [-0.39, 0.29) is 30.1 Å². The summed E-state index contributed by atoms with van der Waals surface area (Å²) in [5.41, 5.74) is 4.65. The van der Waals surface area contributed by atoms with Gasteiger partial charge in [-0.3, -0.25) is 14.4 Å². The second kappa shape index (κ2) is 16.9. The molecule has 3 rings (SSSR count). The van der Waals surface area contributed by atoms with Crippen molar-refractivity contribution in [2.45, 2.75) is 66.9 Å². The fourth-order valence-corrected chi connectivity index (χ4v) is 5.08. The Hall–Kier alpha value is -5.17. The van der Waals surface area contributed by atoms with Gasteiger partial charge in [0.25, 0.3) is 0 Å². The van der Waals surface area contributed by atoms with Gasteiger partial charge in [-0.05, 0) is 79.6 Å². The number of esters is 2. The van der Waals surface area contributed by atoms with E-state index in [1.54, 1.807) is 43.3 Å². The normalized spacial score (nSPS) is 17.4. The Morgan fingerprint density at radius 3 is 2.11 bits per heavy atom. The minimum absolute atomic E-state index is 0.0404. The van der Waals surface area contributed by atoms with Crippen LogP contribution in [-0.4, -0.2) is 34.0 Å². The van der Waals surface area contributed by atoms with Crippen LogP contribution >= 0.6 is 0 Å². The highest BCUT2D eigenvalue weighted by molar-refractivity contribution is 6.01. The van der Waals surface area contributed by atoms with Gasteiger partial charge >= 0.3 is 11.9 Å². The monoisotopic (exact) mass is 636 g/mol. The summed E-state index contributed by atoms with van der Waals surface area (Å²) in [6.07, 6.45) is 18.5. The molecule has 2 N–H and O–H groups in total. The predicted molar refractivity (Wildman–Crippen MR) is 187 cm³/mol. The number of allylic oxidation sites excluding steroid dienone is 11. The topological polar surface area (TPSA) is 110 Å². The zero-order chi connectivity index (χ0) is 34.6. The Balaban J connectivity index is 1.52. The maximum Gasteiger partial charge on any atom is 0.311 e. The Morgan fingerprint density at radius 2 is 1.45 bits per heavy atom. The van der Waals surface area contributed by atoms with E-state index in [9.17, 15) is 24.6 Å². The number of hydrogen-bond acceptors (Lipinski definition) is 7. The van der Waals surface area contributed by atoms with Crippen LogP contribution < -0.4 is 4.74 Å². The third-order valence-electron chi connectivity index (χ3n) is 7.59. The molecular formula is C40H44O7. The molecule has 246 valence electrons. The fraction of sp³-hybridized carbons (Fsp3) is 0.275. The molecule has 2 aromatic rings. The number of aromatic hydroxyl groups is 2. The molecule has 0 saturated carbocycles. The van der Waals surface area contributed by atoms with Gasteiger partial charge in [-0.15, -0.1) is 0 Å². The van der Waals surface area contributed by atoms with Gasteiger partial charge in [0, 0.05) is 12.5 Å². The second-order valence-corrected chi connectivity index (χ2v) is 12.2. The number of phenols is 2. The number of phenolic OH excluding ortho intramolecular Hbond substituents is 2. The first kappa shape index (κ1) is 36.3. The Kier molecular flexibility index (Phi) is 13.1. The van der Waals surface area contributed by atoms with Gasteiger partial charge < -0.3 is 19.7 Å². The zero-order valence-electron chi connectivity index (χ0n) is 27.9. The van der Waals surface area contributed by atoms with Gasteiger partial charge in [-0.25, -0.2) is 0 Å². The highest BCUT2D eigenvalue weighted by Crippen LogP contribution is 2.41. The van der Waals surface area contributed by atoms with E-state index in [0.717, 1.165) is 22.3 Å². The van der Waals surface area contributed by atoms with Crippen LogP contribution in [0.15, 0.2) is 113 Å². The number of ketones is 1. The number of benzene rings is 2. The molecular weight excluding hydrogens is 592 g/mol. The molecule has 1 atom stereocenters. The maximum absolute atomic E-state index is 13.2. The highest BCUT2D eigenvalue weighted by Gasteiger charge is 2.39. The lowest BCUT2D eigenvalue weighted by Crippen LogP contribution is -2.39. The van der Waals surface area contributed by atoms with Crippen LogP contribution in [-0.2, 0) is 19.1 Å². The lowest BCUT2D eigenvalue weighted by atomic mass is 9.71. The second-order valence-electron chi connectivity index (χ2n) is 12.2. The van der Waals surface area contributed by atoms with Crippen LogP contribution in [0.3, 0.4) is 0 Å². The SMILES string of the molecule is CC=CC=C(C)C=CC=C(C)C=CC1=C(C)C(=O)C(OC(=O)CCC(=O)Oc2ccc(C=Cc3cc(O)cc(O)c3)cc2)CC1(C)C. The molecule has 0 heterocycles. The average Bonchev–Trinajstić information content (AvgIpc) is 3.00. The van der Waals surface area contributed by atoms with Gasteiger partial charge in [0.2, 0.25) is 0 Å². The molecule has 1 aliphatic carbocycles. The van der Waals surface area contributed by atoms with E-state index in [1.807, 2.05) is 83.2 Å². The molecule has 0 amide bonds. The summed E-state index contributed by atoms with van der Waals surface area (Å²) in [6, 6.07) is 11.0. The van der Waals surface area contributed by atoms with E-state index < -0.39 is 23.5 Å². The molecule has 47 heavy (non-hydrogen) atoms. The van der Waals surface area contributed by atoms with Gasteiger partial charge in [0.15, 0.2) is 11.9 Å². The summed E-state index contributed by atoms with van der Waals surface area (Å²) in [6.45, 7) is 11.8. The molecule has 0 radical (unpaired) electrons.